The molecule has 0 aliphatic carbocycles. The summed E-state index contributed by atoms with van der Waals surface area (Å²) in [6, 6.07) is 4.70. The van der Waals surface area contributed by atoms with Crippen LogP contribution >= 0.6 is 12.4 Å². The standard InChI is InChI=1S/C14H10F3NO2.ClH/c1-20-14(19)9-2-3-18-10(7-9)4-8-5-11(15)13(17)12(16)6-8;/h2-3,5-7H,4H2,1H3;1H. The molecule has 0 saturated carbocycles. The lowest BCUT2D eigenvalue weighted by molar-refractivity contribution is 0.0600. The highest BCUT2D eigenvalue weighted by molar-refractivity contribution is 5.89. The number of carbonyl (C=O) groups is 1. The van der Waals surface area contributed by atoms with Crippen molar-refractivity contribution in [3.63, 3.8) is 0 Å². The maximum Gasteiger partial charge on any atom is 0.337 e. The predicted octanol–water partition coefficient (Wildman–Crippen LogP) is 3.30. The number of hydrogen-bond acceptors (Lipinski definition) is 3. The number of pyridine rings is 1. The first-order chi connectivity index (χ1) is 9.51. The van der Waals surface area contributed by atoms with Gasteiger partial charge in [0, 0.05) is 18.3 Å². The van der Waals surface area contributed by atoms with E-state index in [1.807, 2.05) is 0 Å². The molecule has 0 aliphatic heterocycles. The zero-order valence-electron chi connectivity index (χ0n) is 10.9. The molecule has 21 heavy (non-hydrogen) atoms. The van der Waals surface area contributed by atoms with E-state index >= 15 is 0 Å². The van der Waals surface area contributed by atoms with Crippen molar-refractivity contribution in [1.29, 1.82) is 0 Å². The zero-order valence-corrected chi connectivity index (χ0v) is 11.7. The van der Waals surface area contributed by atoms with Crippen LogP contribution < -0.4 is 0 Å². The Balaban J connectivity index is 0.00000220. The van der Waals surface area contributed by atoms with Crippen molar-refractivity contribution in [2.24, 2.45) is 0 Å². The van der Waals surface area contributed by atoms with E-state index in [0.717, 1.165) is 12.1 Å². The van der Waals surface area contributed by atoms with Crippen LogP contribution in [0.3, 0.4) is 0 Å². The Bertz CT molecular complexity index is 641. The molecule has 0 saturated heterocycles. The summed E-state index contributed by atoms with van der Waals surface area (Å²) in [7, 11) is 1.24. The number of hydrogen-bond donors (Lipinski definition) is 0. The summed E-state index contributed by atoms with van der Waals surface area (Å²) in [5, 5.41) is 0. The quantitative estimate of drug-likeness (QED) is 0.644. The van der Waals surface area contributed by atoms with Gasteiger partial charge in [-0.05, 0) is 29.8 Å². The van der Waals surface area contributed by atoms with Gasteiger partial charge in [-0.25, -0.2) is 18.0 Å². The van der Waals surface area contributed by atoms with Crippen LogP contribution in [0.15, 0.2) is 30.5 Å². The Morgan fingerprint density at radius 2 is 1.81 bits per heavy atom. The van der Waals surface area contributed by atoms with Gasteiger partial charge in [-0.3, -0.25) is 4.98 Å². The molecule has 112 valence electrons. The molecular formula is C14H11ClF3NO2. The van der Waals surface area contributed by atoms with Crippen molar-refractivity contribution in [3.05, 3.63) is 64.7 Å². The van der Waals surface area contributed by atoms with Crippen LogP contribution in [0.4, 0.5) is 13.2 Å². The highest BCUT2D eigenvalue weighted by Crippen LogP contribution is 2.16. The molecule has 0 aliphatic rings. The van der Waals surface area contributed by atoms with Crippen LogP contribution in [-0.4, -0.2) is 18.1 Å². The Hall–Kier alpha value is -2.08. The summed E-state index contributed by atoms with van der Waals surface area (Å²) in [6.45, 7) is 0. The maximum atomic E-state index is 13.1. The number of methoxy groups -OCH3 is 1. The predicted molar refractivity (Wildman–Crippen MR) is 71.9 cm³/mol. The van der Waals surface area contributed by atoms with Crippen LogP contribution in [-0.2, 0) is 11.2 Å². The summed E-state index contributed by atoms with van der Waals surface area (Å²) >= 11 is 0. The monoisotopic (exact) mass is 317 g/mol. The lowest BCUT2D eigenvalue weighted by atomic mass is 10.1. The number of aromatic nitrogens is 1. The van der Waals surface area contributed by atoms with Crippen LogP contribution in [0.5, 0.6) is 0 Å². The van der Waals surface area contributed by atoms with Gasteiger partial charge < -0.3 is 4.74 Å². The summed E-state index contributed by atoms with van der Waals surface area (Å²) in [6.07, 6.45) is 1.46. The highest BCUT2D eigenvalue weighted by atomic mass is 35.5. The first-order valence-corrected chi connectivity index (χ1v) is 5.68. The first-order valence-electron chi connectivity index (χ1n) is 5.68. The number of halogens is 4. The number of esters is 1. The number of benzene rings is 1. The first kappa shape index (κ1) is 17.0. The molecule has 1 aromatic heterocycles. The minimum atomic E-state index is -1.51. The van der Waals surface area contributed by atoms with Crippen molar-refractivity contribution in [2.45, 2.75) is 6.42 Å². The van der Waals surface area contributed by atoms with Gasteiger partial charge in [0.25, 0.3) is 0 Å². The fourth-order valence-corrected chi connectivity index (χ4v) is 1.74. The molecule has 0 radical (unpaired) electrons. The number of ether oxygens (including phenoxy) is 1. The SMILES string of the molecule is COC(=O)c1ccnc(Cc2cc(F)c(F)c(F)c2)c1.Cl. The smallest absolute Gasteiger partial charge is 0.337 e. The normalized spacial score (nSPS) is 9.90. The van der Waals surface area contributed by atoms with E-state index in [-0.39, 0.29) is 30.0 Å². The maximum absolute atomic E-state index is 13.1. The van der Waals surface area contributed by atoms with Crippen LogP contribution in [0, 0.1) is 17.5 Å². The molecule has 2 rings (SSSR count). The van der Waals surface area contributed by atoms with Gasteiger partial charge in [0.1, 0.15) is 0 Å². The molecule has 0 amide bonds. The molecule has 2 aromatic rings. The summed E-state index contributed by atoms with van der Waals surface area (Å²) in [5.74, 6) is -4.57. The molecular weight excluding hydrogens is 307 g/mol. The van der Waals surface area contributed by atoms with Gasteiger partial charge >= 0.3 is 5.97 Å². The van der Waals surface area contributed by atoms with E-state index in [1.165, 1.54) is 25.4 Å². The Labute approximate surface area is 125 Å². The van der Waals surface area contributed by atoms with Crippen molar-refractivity contribution in [3.8, 4) is 0 Å². The fourth-order valence-electron chi connectivity index (χ4n) is 1.74. The fraction of sp³-hybridized carbons (Fsp3) is 0.143. The van der Waals surface area contributed by atoms with Gasteiger partial charge in [0.2, 0.25) is 0 Å². The molecule has 1 aromatic carbocycles. The lowest BCUT2D eigenvalue weighted by Crippen LogP contribution is -2.04. The zero-order chi connectivity index (χ0) is 14.7. The number of nitrogens with zero attached hydrogens (tertiary/aromatic N) is 1. The van der Waals surface area contributed by atoms with Crippen LogP contribution in [0.2, 0.25) is 0 Å². The molecule has 0 spiro atoms. The van der Waals surface area contributed by atoms with Gasteiger partial charge in [0.15, 0.2) is 17.5 Å². The second-order valence-electron chi connectivity index (χ2n) is 4.08. The van der Waals surface area contributed by atoms with Crippen molar-refractivity contribution < 1.29 is 22.7 Å². The average Bonchev–Trinajstić information content (AvgIpc) is 2.44. The van der Waals surface area contributed by atoms with Crippen molar-refractivity contribution in [2.75, 3.05) is 7.11 Å². The van der Waals surface area contributed by atoms with E-state index in [9.17, 15) is 18.0 Å². The van der Waals surface area contributed by atoms with Gasteiger partial charge in [0.05, 0.1) is 12.7 Å². The van der Waals surface area contributed by atoms with Gasteiger partial charge in [-0.1, -0.05) is 0 Å². The molecule has 0 bridgehead atoms. The molecule has 0 atom stereocenters. The summed E-state index contributed by atoms with van der Waals surface area (Å²) in [5.41, 5.74) is 0.912. The third kappa shape index (κ3) is 3.95. The summed E-state index contributed by atoms with van der Waals surface area (Å²) < 4.78 is 43.6. The van der Waals surface area contributed by atoms with E-state index in [4.69, 9.17) is 0 Å². The van der Waals surface area contributed by atoms with E-state index in [2.05, 4.69) is 9.72 Å². The molecule has 0 N–H and O–H groups in total. The molecule has 0 unspecified atom stereocenters. The second kappa shape index (κ2) is 7.08. The second-order valence-corrected chi connectivity index (χ2v) is 4.08. The van der Waals surface area contributed by atoms with Crippen molar-refractivity contribution in [1.82, 2.24) is 4.98 Å². The number of carbonyl (C=O) groups excluding carboxylic acids is 1. The van der Waals surface area contributed by atoms with Gasteiger partial charge in [-0.15, -0.1) is 12.4 Å². The molecule has 1 heterocycles. The molecule has 3 nitrogen and oxygen atoms in total. The Morgan fingerprint density at radius 1 is 1.19 bits per heavy atom. The lowest BCUT2D eigenvalue weighted by Gasteiger charge is -2.05. The summed E-state index contributed by atoms with van der Waals surface area (Å²) in [4.78, 5) is 15.3. The van der Waals surface area contributed by atoms with Gasteiger partial charge in [-0.2, -0.15) is 0 Å². The third-order valence-electron chi connectivity index (χ3n) is 2.67. The Morgan fingerprint density at radius 3 is 2.38 bits per heavy atom. The highest BCUT2D eigenvalue weighted by Gasteiger charge is 2.12. The topological polar surface area (TPSA) is 39.2 Å². The minimum Gasteiger partial charge on any atom is -0.465 e. The Kier molecular flexibility index (Phi) is 5.72. The molecule has 0 fully saturated rings. The van der Waals surface area contributed by atoms with Crippen molar-refractivity contribution >= 4 is 18.4 Å². The average molecular weight is 318 g/mol. The van der Waals surface area contributed by atoms with E-state index in [0.29, 0.717) is 5.69 Å². The number of rotatable bonds is 3. The minimum absolute atomic E-state index is 0. The van der Waals surface area contributed by atoms with Crippen LogP contribution in [0.25, 0.3) is 0 Å². The van der Waals surface area contributed by atoms with E-state index in [1.54, 1.807) is 0 Å². The van der Waals surface area contributed by atoms with Crippen LogP contribution in [0.1, 0.15) is 21.6 Å². The largest absolute Gasteiger partial charge is 0.465 e. The van der Waals surface area contributed by atoms with E-state index < -0.39 is 23.4 Å². The third-order valence-corrected chi connectivity index (χ3v) is 2.67. The molecule has 7 heteroatoms.